The second-order valence-electron chi connectivity index (χ2n) is 12.8. The van der Waals surface area contributed by atoms with Crippen molar-refractivity contribution in [2.45, 2.75) is 12.5 Å². The van der Waals surface area contributed by atoms with Crippen molar-refractivity contribution in [3.05, 3.63) is 186 Å². The lowest BCUT2D eigenvalue weighted by Gasteiger charge is -2.40. The molecule has 1 aromatic heterocycles. The van der Waals surface area contributed by atoms with Crippen molar-refractivity contribution in [3.63, 3.8) is 0 Å². The molecule has 0 radical (unpaired) electrons. The number of aromatic nitrogens is 2. The summed E-state index contributed by atoms with van der Waals surface area (Å²) in [6.07, 6.45) is 4.48. The minimum absolute atomic E-state index is 0.0173. The molecule has 0 amide bonds. The van der Waals surface area contributed by atoms with Gasteiger partial charge < -0.3 is 0 Å². The Morgan fingerprint density at radius 1 is 0.551 bits per heavy atom. The Morgan fingerprint density at radius 2 is 1.20 bits per heavy atom. The maximum atomic E-state index is 5.34. The zero-order valence-corrected chi connectivity index (χ0v) is 27.0. The normalized spacial score (nSPS) is 17.9. The molecule has 0 saturated heterocycles. The van der Waals surface area contributed by atoms with E-state index >= 15 is 0 Å². The van der Waals surface area contributed by atoms with Gasteiger partial charge in [-0.25, -0.2) is 15.0 Å². The van der Waals surface area contributed by atoms with Crippen LogP contribution in [0.5, 0.6) is 0 Å². The highest BCUT2D eigenvalue weighted by molar-refractivity contribution is 6.16. The Balaban J connectivity index is 1.16. The highest BCUT2D eigenvalue weighted by Gasteiger charge is 2.44. The van der Waals surface area contributed by atoms with E-state index in [-0.39, 0.29) is 5.92 Å². The third-order valence-corrected chi connectivity index (χ3v) is 9.77. The van der Waals surface area contributed by atoms with Gasteiger partial charge >= 0.3 is 0 Å². The number of rotatable bonds is 5. The minimum Gasteiger partial charge on any atom is -0.254 e. The average molecular weight is 629 g/mol. The lowest BCUT2D eigenvalue weighted by atomic mass is 9.70. The van der Waals surface area contributed by atoms with Crippen molar-refractivity contribution in [1.29, 1.82) is 0 Å². The molecule has 6 aromatic carbocycles. The molecule has 9 rings (SSSR count). The zero-order chi connectivity index (χ0) is 32.8. The molecule has 0 fully saturated rings. The largest absolute Gasteiger partial charge is 0.254 e. The number of fused-ring (bicyclic) bond motifs is 4. The van der Waals surface area contributed by atoms with Gasteiger partial charge in [0.2, 0.25) is 0 Å². The molecule has 0 saturated carbocycles. The number of hydrogen-bond acceptors (Lipinski definition) is 4. The van der Waals surface area contributed by atoms with Gasteiger partial charge in [-0.05, 0) is 40.5 Å². The summed E-state index contributed by atoms with van der Waals surface area (Å²) in [5.74, 6) is 1.42. The van der Waals surface area contributed by atoms with Crippen molar-refractivity contribution in [1.82, 2.24) is 9.97 Å². The molecule has 2 atom stereocenters. The van der Waals surface area contributed by atoms with E-state index in [4.69, 9.17) is 20.0 Å². The number of nitrogens with zero attached hydrogens (tertiary/aromatic N) is 4. The maximum absolute atomic E-state index is 5.34. The third kappa shape index (κ3) is 5.10. The van der Waals surface area contributed by atoms with Crippen LogP contribution in [0.15, 0.2) is 174 Å². The quantitative estimate of drug-likeness (QED) is 0.190. The third-order valence-electron chi connectivity index (χ3n) is 9.77. The van der Waals surface area contributed by atoms with E-state index < -0.39 is 5.54 Å². The average Bonchev–Trinajstić information content (AvgIpc) is 3.17. The Kier molecular flexibility index (Phi) is 6.94. The van der Waals surface area contributed by atoms with Crippen molar-refractivity contribution >= 4 is 28.4 Å². The molecule has 49 heavy (non-hydrogen) atoms. The molecule has 232 valence electrons. The smallest absolute Gasteiger partial charge is 0.160 e. The van der Waals surface area contributed by atoms with Gasteiger partial charge in [0.15, 0.2) is 11.7 Å². The summed E-state index contributed by atoms with van der Waals surface area (Å²) in [5, 5.41) is 2.35. The van der Waals surface area contributed by atoms with E-state index in [9.17, 15) is 0 Å². The highest BCUT2D eigenvalue weighted by Crippen LogP contribution is 2.45. The number of aliphatic imine (C=N–C) groups is 2. The number of benzene rings is 6. The molecule has 0 N–H and O–H groups in total. The summed E-state index contributed by atoms with van der Waals surface area (Å²) in [6, 6.07) is 54.7. The van der Waals surface area contributed by atoms with E-state index in [0.717, 1.165) is 50.8 Å². The van der Waals surface area contributed by atoms with Gasteiger partial charge in [0.25, 0.3) is 0 Å². The predicted molar refractivity (Wildman–Crippen MR) is 202 cm³/mol. The van der Waals surface area contributed by atoms with E-state index in [1.807, 2.05) is 36.4 Å². The van der Waals surface area contributed by atoms with Crippen LogP contribution in [0, 0.1) is 5.92 Å². The monoisotopic (exact) mass is 628 g/mol. The molecule has 0 bridgehead atoms. The maximum Gasteiger partial charge on any atom is 0.160 e. The van der Waals surface area contributed by atoms with Crippen LogP contribution in [0.4, 0.5) is 0 Å². The Hall–Kier alpha value is -6.26. The van der Waals surface area contributed by atoms with Crippen LogP contribution in [-0.4, -0.2) is 21.5 Å². The number of hydrogen-bond donors (Lipinski definition) is 0. The molecule has 7 aromatic rings. The van der Waals surface area contributed by atoms with Gasteiger partial charge in [-0.15, -0.1) is 0 Å². The second kappa shape index (κ2) is 11.8. The lowest BCUT2D eigenvalue weighted by molar-refractivity contribution is 0.432. The summed E-state index contributed by atoms with van der Waals surface area (Å²) in [7, 11) is 0. The van der Waals surface area contributed by atoms with E-state index in [1.54, 1.807) is 0 Å². The zero-order valence-electron chi connectivity index (χ0n) is 27.0. The SMILES string of the molecule is CC12N=C(c3ccccc3)N=C(c3ccc(-c4nc(-c5ccccc5)cc(-c5cccc6ccccc56)n4)cc3)C1C=Cc1ccccc12. The van der Waals surface area contributed by atoms with Gasteiger partial charge in [-0.1, -0.05) is 164 Å². The standard InChI is InChI=1S/C45H32N4/c1-45-38-22-11-9-14-31(38)27-28-39(45)42(48-44(49-45)34-17-6-3-7-18-34)33-23-25-35(26-24-33)43-46-40(32-15-4-2-5-16-32)29-41(47-43)37-21-12-19-30-13-8-10-20-36(30)37/h2-29,39H,1H3. The summed E-state index contributed by atoms with van der Waals surface area (Å²) >= 11 is 0. The Bertz CT molecular complexity index is 2440. The first-order valence-electron chi connectivity index (χ1n) is 16.7. The summed E-state index contributed by atoms with van der Waals surface area (Å²) in [4.78, 5) is 20.9. The van der Waals surface area contributed by atoms with E-state index in [0.29, 0.717) is 5.82 Å². The lowest BCUT2D eigenvalue weighted by Crippen LogP contribution is -2.41. The Labute approximate surface area is 285 Å². The van der Waals surface area contributed by atoms with Gasteiger partial charge in [0.05, 0.1) is 22.6 Å². The van der Waals surface area contributed by atoms with Crippen LogP contribution in [0.3, 0.4) is 0 Å². The van der Waals surface area contributed by atoms with Gasteiger partial charge in [-0.3, -0.25) is 4.99 Å². The minimum atomic E-state index is -0.493. The first-order valence-corrected chi connectivity index (χ1v) is 16.7. The number of amidine groups is 1. The van der Waals surface area contributed by atoms with Crippen LogP contribution in [0.1, 0.15) is 29.2 Å². The van der Waals surface area contributed by atoms with Crippen molar-refractivity contribution < 1.29 is 0 Å². The second-order valence-corrected chi connectivity index (χ2v) is 12.8. The molecule has 0 spiro atoms. The van der Waals surface area contributed by atoms with Crippen molar-refractivity contribution in [2.24, 2.45) is 15.9 Å². The molecule has 4 nitrogen and oxygen atoms in total. The predicted octanol–water partition coefficient (Wildman–Crippen LogP) is 10.4. The fraction of sp³-hybridized carbons (Fsp3) is 0.0667. The summed E-state index contributed by atoms with van der Waals surface area (Å²) in [5.41, 5.74) is 9.86. The van der Waals surface area contributed by atoms with Gasteiger partial charge in [-0.2, -0.15) is 0 Å². The van der Waals surface area contributed by atoms with Gasteiger partial charge in [0, 0.05) is 28.2 Å². The molecule has 2 aliphatic rings. The van der Waals surface area contributed by atoms with Crippen LogP contribution in [0.25, 0.3) is 50.8 Å². The topological polar surface area (TPSA) is 50.5 Å². The van der Waals surface area contributed by atoms with Crippen molar-refractivity contribution in [3.8, 4) is 33.9 Å². The first kappa shape index (κ1) is 28.9. The fourth-order valence-electron chi connectivity index (χ4n) is 7.24. The molecular formula is C45H32N4. The van der Waals surface area contributed by atoms with E-state index in [1.165, 1.54) is 21.9 Å². The molecule has 4 heteroatoms. The highest BCUT2D eigenvalue weighted by atomic mass is 15.0. The molecular weight excluding hydrogens is 597 g/mol. The van der Waals surface area contributed by atoms with Crippen LogP contribution < -0.4 is 0 Å². The van der Waals surface area contributed by atoms with Crippen LogP contribution in [-0.2, 0) is 5.54 Å². The van der Waals surface area contributed by atoms with Gasteiger partial charge in [0.1, 0.15) is 0 Å². The molecule has 1 aliphatic carbocycles. The molecule has 2 unspecified atom stereocenters. The van der Waals surface area contributed by atoms with Crippen LogP contribution >= 0.6 is 0 Å². The summed E-state index contributed by atoms with van der Waals surface area (Å²) < 4.78 is 0. The molecule has 1 aliphatic heterocycles. The Morgan fingerprint density at radius 3 is 2.02 bits per heavy atom. The first-order chi connectivity index (χ1) is 24.1. The van der Waals surface area contributed by atoms with Crippen LogP contribution in [0.2, 0.25) is 0 Å². The molecule has 2 heterocycles. The van der Waals surface area contributed by atoms with E-state index in [2.05, 4.69) is 140 Å². The van der Waals surface area contributed by atoms with Crippen molar-refractivity contribution in [2.75, 3.05) is 0 Å². The fourth-order valence-corrected chi connectivity index (χ4v) is 7.24. The summed E-state index contributed by atoms with van der Waals surface area (Å²) in [6.45, 7) is 2.24.